The third kappa shape index (κ3) is 3.81. The van der Waals surface area contributed by atoms with Crippen LogP contribution < -0.4 is 15.4 Å². The van der Waals surface area contributed by atoms with E-state index >= 15 is 0 Å². The van der Waals surface area contributed by atoms with Crippen molar-refractivity contribution in [3.8, 4) is 5.75 Å². The molecule has 0 aliphatic rings. The van der Waals surface area contributed by atoms with Crippen molar-refractivity contribution in [2.45, 2.75) is 6.92 Å². The van der Waals surface area contributed by atoms with Gasteiger partial charge in [-0.1, -0.05) is 11.6 Å². The molecule has 2 rings (SSSR count). The van der Waals surface area contributed by atoms with Crippen LogP contribution in [0, 0.1) is 6.92 Å². The number of halogens is 1. The number of nitrogens with zero attached hydrogens (tertiary/aromatic N) is 1. The van der Waals surface area contributed by atoms with Crippen LogP contribution in [-0.4, -0.2) is 20.2 Å². The van der Waals surface area contributed by atoms with Crippen molar-refractivity contribution in [2.75, 3.05) is 30.8 Å². The number of hydrogen-bond acceptors (Lipinski definition) is 3. The van der Waals surface area contributed by atoms with E-state index in [9.17, 15) is 0 Å². The highest BCUT2D eigenvalue weighted by atomic mass is 35.5. The molecule has 20 heavy (non-hydrogen) atoms. The van der Waals surface area contributed by atoms with Crippen molar-refractivity contribution in [1.29, 1.82) is 0 Å². The number of hydrogen-bond donors (Lipinski definition) is 1. The summed E-state index contributed by atoms with van der Waals surface area (Å²) < 4.78 is 5.78. The monoisotopic (exact) mass is 290 g/mol. The fourth-order valence-electron chi connectivity index (χ4n) is 1.93. The molecule has 3 nitrogen and oxygen atoms in total. The van der Waals surface area contributed by atoms with Gasteiger partial charge in [-0.25, -0.2) is 0 Å². The third-order valence-corrected chi connectivity index (χ3v) is 3.39. The zero-order chi connectivity index (χ0) is 14.5. The minimum absolute atomic E-state index is 0.614. The van der Waals surface area contributed by atoms with E-state index in [1.165, 1.54) is 0 Å². The largest absolute Gasteiger partial charge is 0.491 e. The number of anilines is 2. The summed E-state index contributed by atoms with van der Waals surface area (Å²) in [6.45, 7) is 3.40. The number of aryl methyl sites for hydroxylation is 1. The molecule has 2 aromatic rings. The molecule has 0 heterocycles. The molecule has 0 aliphatic carbocycles. The van der Waals surface area contributed by atoms with E-state index in [2.05, 4.69) is 4.90 Å². The van der Waals surface area contributed by atoms with Gasteiger partial charge in [0.2, 0.25) is 0 Å². The lowest BCUT2D eigenvalue weighted by Crippen LogP contribution is -2.23. The zero-order valence-corrected chi connectivity index (χ0v) is 12.5. The molecular formula is C16H19ClN2O. The van der Waals surface area contributed by atoms with Crippen molar-refractivity contribution in [3.05, 3.63) is 53.1 Å². The summed E-state index contributed by atoms with van der Waals surface area (Å²) >= 11 is 5.92. The van der Waals surface area contributed by atoms with Crippen LogP contribution in [0.5, 0.6) is 5.75 Å². The lowest BCUT2D eigenvalue weighted by Gasteiger charge is -2.20. The maximum atomic E-state index is 5.92. The predicted molar refractivity (Wildman–Crippen MR) is 85.8 cm³/mol. The van der Waals surface area contributed by atoms with E-state index in [-0.39, 0.29) is 0 Å². The molecule has 0 fully saturated rings. The Morgan fingerprint density at radius 3 is 2.50 bits per heavy atom. The lowest BCUT2D eigenvalue weighted by molar-refractivity contribution is 0.324. The Morgan fingerprint density at radius 1 is 1.15 bits per heavy atom. The van der Waals surface area contributed by atoms with Crippen molar-refractivity contribution < 1.29 is 4.74 Å². The number of likely N-dealkylation sites (N-methyl/N-ethyl adjacent to an activating group) is 1. The molecule has 0 spiro atoms. The van der Waals surface area contributed by atoms with Gasteiger partial charge in [0.15, 0.2) is 0 Å². The predicted octanol–water partition coefficient (Wildman–Crippen LogP) is 3.75. The minimum Gasteiger partial charge on any atom is -0.491 e. The van der Waals surface area contributed by atoms with Gasteiger partial charge < -0.3 is 15.4 Å². The molecular weight excluding hydrogens is 272 g/mol. The number of rotatable bonds is 5. The van der Waals surface area contributed by atoms with Crippen LogP contribution in [0.4, 0.5) is 11.4 Å². The third-order valence-electron chi connectivity index (χ3n) is 3.16. The first kappa shape index (κ1) is 14.5. The molecule has 0 atom stereocenters. The number of nitrogens with two attached hydrogens (primary N) is 1. The van der Waals surface area contributed by atoms with Gasteiger partial charge in [-0.15, -0.1) is 0 Å². The average Bonchev–Trinajstić information content (AvgIpc) is 2.42. The minimum atomic E-state index is 0.614. The van der Waals surface area contributed by atoms with Gasteiger partial charge in [0.05, 0.1) is 6.54 Å². The molecule has 0 amide bonds. The van der Waals surface area contributed by atoms with Gasteiger partial charge in [-0.2, -0.15) is 0 Å². The quantitative estimate of drug-likeness (QED) is 0.853. The summed E-state index contributed by atoms with van der Waals surface area (Å²) in [5, 5.41) is 0.730. The van der Waals surface area contributed by atoms with Crippen LogP contribution in [0.1, 0.15) is 5.56 Å². The molecule has 0 aromatic heterocycles. The Hall–Kier alpha value is -1.87. The summed E-state index contributed by atoms with van der Waals surface area (Å²) in [4.78, 5) is 2.13. The molecule has 0 aliphatic heterocycles. The average molecular weight is 291 g/mol. The first-order chi connectivity index (χ1) is 9.56. The molecule has 0 radical (unpaired) electrons. The van der Waals surface area contributed by atoms with E-state index in [0.717, 1.165) is 34.3 Å². The molecule has 0 saturated heterocycles. The SMILES string of the molecule is Cc1cc(Cl)ccc1OCCN(C)c1ccc(N)cc1. The zero-order valence-electron chi connectivity index (χ0n) is 11.8. The van der Waals surface area contributed by atoms with Crippen molar-refractivity contribution >= 4 is 23.0 Å². The molecule has 2 aromatic carbocycles. The van der Waals surface area contributed by atoms with Gasteiger partial charge in [-0.3, -0.25) is 0 Å². The van der Waals surface area contributed by atoms with Gasteiger partial charge in [-0.05, 0) is 55.0 Å². The molecule has 0 bridgehead atoms. The van der Waals surface area contributed by atoms with Crippen LogP contribution in [-0.2, 0) is 0 Å². The first-order valence-corrected chi connectivity index (χ1v) is 6.89. The van der Waals surface area contributed by atoms with Crippen LogP contribution in [0.15, 0.2) is 42.5 Å². The molecule has 0 unspecified atom stereocenters. The smallest absolute Gasteiger partial charge is 0.122 e. The van der Waals surface area contributed by atoms with Gasteiger partial charge >= 0.3 is 0 Å². The fourth-order valence-corrected chi connectivity index (χ4v) is 2.15. The first-order valence-electron chi connectivity index (χ1n) is 6.52. The van der Waals surface area contributed by atoms with Crippen LogP contribution >= 0.6 is 11.6 Å². The van der Waals surface area contributed by atoms with E-state index in [1.54, 1.807) is 0 Å². The van der Waals surface area contributed by atoms with Gasteiger partial charge in [0, 0.05) is 23.4 Å². The summed E-state index contributed by atoms with van der Waals surface area (Å²) in [6.07, 6.45) is 0. The Kier molecular flexibility index (Phi) is 4.74. The highest BCUT2D eigenvalue weighted by molar-refractivity contribution is 6.30. The summed E-state index contributed by atoms with van der Waals surface area (Å²) in [5.41, 5.74) is 8.62. The Bertz CT molecular complexity index is 569. The lowest BCUT2D eigenvalue weighted by atomic mass is 10.2. The summed E-state index contributed by atoms with van der Waals surface area (Å²) in [6, 6.07) is 13.5. The molecule has 4 heteroatoms. The topological polar surface area (TPSA) is 38.5 Å². The summed E-state index contributed by atoms with van der Waals surface area (Å²) in [5.74, 6) is 0.875. The highest BCUT2D eigenvalue weighted by Gasteiger charge is 2.03. The van der Waals surface area contributed by atoms with E-state index in [0.29, 0.717) is 6.61 Å². The highest BCUT2D eigenvalue weighted by Crippen LogP contribution is 2.22. The Labute approximate surface area is 124 Å². The van der Waals surface area contributed by atoms with Crippen molar-refractivity contribution in [2.24, 2.45) is 0 Å². The summed E-state index contributed by atoms with van der Waals surface area (Å²) in [7, 11) is 2.03. The Morgan fingerprint density at radius 2 is 1.85 bits per heavy atom. The number of benzene rings is 2. The second-order valence-corrected chi connectivity index (χ2v) is 5.21. The molecule has 0 saturated carbocycles. The van der Waals surface area contributed by atoms with Crippen LogP contribution in [0.3, 0.4) is 0 Å². The fraction of sp³-hybridized carbons (Fsp3) is 0.250. The van der Waals surface area contributed by atoms with Crippen LogP contribution in [0.25, 0.3) is 0 Å². The van der Waals surface area contributed by atoms with Gasteiger partial charge in [0.1, 0.15) is 12.4 Å². The standard InChI is InChI=1S/C16H19ClN2O/c1-12-11-13(17)3-8-16(12)20-10-9-19(2)15-6-4-14(18)5-7-15/h3-8,11H,9-10,18H2,1-2H3. The molecule has 2 N–H and O–H groups in total. The molecule has 106 valence electrons. The second-order valence-electron chi connectivity index (χ2n) is 4.77. The number of ether oxygens (including phenoxy) is 1. The second kappa shape index (κ2) is 6.53. The Balaban J connectivity index is 1.87. The number of nitrogen functional groups attached to an aromatic ring is 1. The maximum Gasteiger partial charge on any atom is 0.122 e. The van der Waals surface area contributed by atoms with Crippen molar-refractivity contribution in [1.82, 2.24) is 0 Å². The van der Waals surface area contributed by atoms with Crippen LogP contribution in [0.2, 0.25) is 5.02 Å². The van der Waals surface area contributed by atoms with E-state index in [4.69, 9.17) is 22.1 Å². The van der Waals surface area contributed by atoms with Gasteiger partial charge in [0.25, 0.3) is 0 Å². The normalized spacial score (nSPS) is 10.3. The van der Waals surface area contributed by atoms with E-state index < -0.39 is 0 Å². The van der Waals surface area contributed by atoms with E-state index in [1.807, 2.05) is 56.4 Å². The van der Waals surface area contributed by atoms with Crippen molar-refractivity contribution in [3.63, 3.8) is 0 Å². The maximum absolute atomic E-state index is 5.92.